The Morgan fingerprint density at radius 1 is 1.04 bits per heavy atom. The standard InChI is InChI=1S/C21H20N2O3/c24-18(22-13-15-6-2-1-3-7-15)14-23-19(25)12-21(20(23)26)11-10-16-8-4-5-9-17(16)21/h1-9H,10-14H2,(H,22,24)/t21-/m1/s1. The third kappa shape index (κ3) is 2.69. The van der Waals surface area contributed by atoms with E-state index in [1.54, 1.807) is 0 Å². The second-order valence-electron chi connectivity index (χ2n) is 6.96. The minimum absolute atomic E-state index is 0.162. The number of imide groups is 1. The summed E-state index contributed by atoms with van der Waals surface area (Å²) in [4.78, 5) is 38.9. The summed E-state index contributed by atoms with van der Waals surface area (Å²) in [7, 11) is 0. The highest BCUT2D eigenvalue weighted by molar-refractivity contribution is 6.11. The topological polar surface area (TPSA) is 66.5 Å². The highest BCUT2D eigenvalue weighted by Crippen LogP contribution is 2.46. The van der Waals surface area contributed by atoms with Gasteiger partial charge in [-0.3, -0.25) is 19.3 Å². The van der Waals surface area contributed by atoms with Crippen LogP contribution in [-0.4, -0.2) is 29.2 Å². The van der Waals surface area contributed by atoms with Crippen molar-refractivity contribution < 1.29 is 14.4 Å². The fourth-order valence-corrected chi connectivity index (χ4v) is 4.05. The molecule has 4 rings (SSSR count). The first-order valence-corrected chi connectivity index (χ1v) is 8.84. The van der Waals surface area contributed by atoms with Gasteiger partial charge in [-0.05, 0) is 29.5 Å². The summed E-state index contributed by atoms with van der Waals surface area (Å²) in [5.41, 5.74) is 2.28. The molecule has 0 saturated carbocycles. The van der Waals surface area contributed by atoms with Crippen molar-refractivity contribution in [3.8, 4) is 0 Å². The summed E-state index contributed by atoms with van der Waals surface area (Å²) in [6.45, 7) is 0.165. The second-order valence-corrected chi connectivity index (χ2v) is 6.96. The van der Waals surface area contributed by atoms with Gasteiger partial charge in [0.15, 0.2) is 0 Å². The van der Waals surface area contributed by atoms with Gasteiger partial charge in [0.1, 0.15) is 6.54 Å². The number of likely N-dealkylation sites (tertiary alicyclic amines) is 1. The van der Waals surface area contributed by atoms with Crippen LogP contribution in [0.3, 0.4) is 0 Å². The lowest BCUT2D eigenvalue weighted by Gasteiger charge is -2.22. The first-order chi connectivity index (χ1) is 12.6. The molecule has 0 bridgehead atoms. The molecule has 3 amide bonds. The van der Waals surface area contributed by atoms with Crippen LogP contribution in [0.1, 0.15) is 29.5 Å². The molecule has 5 heteroatoms. The number of benzene rings is 2. The molecule has 0 unspecified atom stereocenters. The number of rotatable bonds is 4. The summed E-state index contributed by atoms with van der Waals surface area (Å²) in [5, 5.41) is 2.78. The fourth-order valence-electron chi connectivity index (χ4n) is 4.05. The molecule has 5 nitrogen and oxygen atoms in total. The van der Waals surface area contributed by atoms with Crippen LogP contribution < -0.4 is 5.32 Å². The Labute approximate surface area is 152 Å². The van der Waals surface area contributed by atoms with Gasteiger partial charge in [0.05, 0.1) is 5.41 Å². The van der Waals surface area contributed by atoms with Gasteiger partial charge in [0.25, 0.3) is 0 Å². The van der Waals surface area contributed by atoms with Crippen LogP contribution in [0.4, 0.5) is 0 Å². The molecule has 0 radical (unpaired) electrons. The molecule has 132 valence electrons. The first kappa shape index (κ1) is 16.5. The largest absolute Gasteiger partial charge is 0.350 e. The van der Waals surface area contributed by atoms with E-state index in [0.29, 0.717) is 13.0 Å². The summed E-state index contributed by atoms with van der Waals surface area (Å²) in [6.07, 6.45) is 1.59. The number of hydrogen-bond donors (Lipinski definition) is 1. The molecule has 2 aliphatic rings. The Balaban J connectivity index is 1.46. The number of nitrogens with one attached hydrogen (secondary N) is 1. The summed E-state index contributed by atoms with van der Waals surface area (Å²) in [5.74, 6) is -0.817. The van der Waals surface area contributed by atoms with E-state index < -0.39 is 5.41 Å². The summed E-state index contributed by atoms with van der Waals surface area (Å²) < 4.78 is 0. The van der Waals surface area contributed by atoms with Crippen molar-refractivity contribution in [1.29, 1.82) is 0 Å². The number of hydrogen-bond acceptors (Lipinski definition) is 3. The van der Waals surface area contributed by atoms with Crippen LogP contribution >= 0.6 is 0 Å². The molecule has 2 aromatic rings. The van der Waals surface area contributed by atoms with E-state index in [-0.39, 0.29) is 30.7 Å². The normalized spacial score (nSPS) is 21.3. The molecule has 1 aliphatic carbocycles. The summed E-state index contributed by atoms with van der Waals surface area (Å²) in [6, 6.07) is 17.3. The minimum Gasteiger partial charge on any atom is -0.350 e. The van der Waals surface area contributed by atoms with E-state index in [0.717, 1.165) is 28.0 Å². The van der Waals surface area contributed by atoms with Crippen molar-refractivity contribution in [2.24, 2.45) is 0 Å². The molecule has 1 N–H and O–H groups in total. The van der Waals surface area contributed by atoms with E-state index in [1.807, 2.05) is 54.6 Å². The average molecular weight is 348 g/mol. The van der Waals surface area contributed by atoms with Crippen molar-refractivity contribution >= 4 is 17.7 Å². The van der Waals surface area contributed by atoms with Crippen molar-refractivity contribution in [3.05, 3.63) is 71.3 Å². The smallest absolute Gasteiger partial charge is 0.240 e. The van der Waals surface area contributed by atoms with Crippen molar-refractivity contribution in [2.75, 3.05) is 6.54 Å². The lowest BCUT2D eigenvalue weighted by molar-refractivity contribution is -0.143. The lowest BCUT2D eigenvalue weighted by atomic mass is 9.80. The molecule has 2 aromatic carbocycles. The predicted octanol–water partition coefficient (Wildman–Crippen LogP) is 1.95. The van der Waals surface area contributed by atoms with E-state index in [4.69, 9.17) is 0 Å². The SMILES string of the molecule is O=C(CN1C(=O)C[C@@]2(CCc3ccccc32)C1=O)NCc1ccccc1. The first-order valence-electron chi connectivity index (χ1n) is 8.84. The Morgan fingerprint density at radius 2 is 1.77 bits per heavy atom. The zero-order valence-corrected chi connectivity index (χ0v) is 14.4. The maximum atomic E-state index is 13.0. The van der Waals surface area contributed by atoms with Crippen LogP contribution in [0, 0.1) is 0 Å². The number of nitrogens with zero attached hydrogens (tertiary/aromatic N) is 1. The number of carbonyl (C=O) groups excluding carboxylic acids is 3. The van der Waals surface area contributed by atoms with Gasteiger partial charge in [-0.25, -0.2) is 0 Å². The number of amides is 3. The highest BCUT2D eigenvalue weighted by atomic mass is 16.2. The molecule has 1 heterocycles. The maximum absolute atomic E-state index is 13.0. The van der Waals surface area contributed by atoms with Crippen molar-refractivity contribution in [1.82, 2.24) is 10.2 Å². The molecular weight excluding hydrogens is 328 g/mol. The molecule has 26 heavy (non-hydrogen) atoms. The van der Waals surface area contributed by atoms with Crippen LogP contribution in [0.5, 0.6) is 0 Å². The Morgan fingerprint density at radius 3 is 2.58 bits per heavy atom. The van der Waals surface area contributed by atoms with Crippen LogP contribution in [0.15, 0.2) is 54.6 Å². The zero-order valence-electron chi connectivity index (χ0n) is 14.4. The lowest BCUT2D eigenvalue weighted by Crippen LogP contribution is -2.43. The van der Waals surface area contributed by atoms with Crippen molar-refractivity contribution in [2.45, 2.75) is 31.2 Å². The Kier molecular flexibility index (Phi) is 4.07. The van der Waals surface area contributed by atoms with Crippen LogP contribution in [0.2, 0.25) is 0 Å². The Bertz CT molecular complexity index is 878. The van der Waals surface area contributed by atoms with Crippen LogP contribution in [0.25, 0.3) is 0 Å². The zero-order chi connectivity index (χ0) is 18.1. The molecular formula is C21H20N2O3. The van der Waals surface area contributed by atoms with Gasteiger partial charge in [0, 0.05) is 13.0 Å². The summed E-state index contributed by atoms with van der Waals surface area (Å²) >= 11 is 0. The van der Waals surface area contributed by atoms with Gasteiger partial charge in [-0.15, -0.1) is 0 Å². The average Bonchev–Trinajstić information content (AvgIpc) is 3.15. The monoisotopic (exact) mass is 348 g/mol. The van der Waals surface area contributed by atoms with E-state index >= 15 is 0 Å². The molecule has 1 saturated heterocycles. The number of fused-ring (bicyclic) bond motifs is 2. The van der Waals surface area contributed by atoms with Crippen LogP contribution in [-0.2, 0) is 32.8 Å². The molecule has 1 atom stereocenters. The van der Waals surface area contributed by atoms with Gasteiger partial charge < -0.3 is 5.32 Å². The van der Waals surface area contributed by atoms with Gasteiger partial charge in [0.2, 0.25) is 17.7 Å². The van der Waals surface area contributed by atoms with E-state index in [9.17, 15) is 14.4 Å². The Hall–Kier alpha value is -2.95. The van der Waals surface area contributed by atoms with Crippen molar-refractivity contribution in [3.63, 3.8) is 0 Å². The third-order valence-corrected chi connectivity index (χ3v) is 5.40. The minimum atomic E-state index is -0.770. The van der Waals surface area contributed by atoms with Gasteiger partial charge in [-0.2, -0.15) is 0 Å². The molecule has 1 spiro atoms. The number of carbonyl (C=O) groups is 3. The molecule has 1 aliphatic heterocycles. The highest BCUT2D eigenvalue weighted by Gasteiger charge is 2.55. The van der Waals surface area contributed by atoms with E-state index in [2.05, 4.69) is 5.32 Å². The predicted molar refractivity (Wildman–Crippen MR) is 96.1 cm³/mol. The maximum Gasteiger partial charge on any atom is 0.240 e. The van der Waals surface area contributed by atoms with Gasteiger partial charge in [-0.1, -0.05) is 54.6 Å². The second kappa shape index (κ2) is 6.41. The third-order valence-electron chi connectivity index (χ3n) is 5.40. The van der Waals surface area contributed by atoms with Gasteiger partial charge >= 0.3 is 0 Å². The number of aryl methyl sites for hydroxylation is 1. The quantitative estimate of drug-likeness (QED) is 0.859. The fraction of sp³-hybridized carbons (Fsp3) is 0.286. The molecule has 0 aromatic heterocycles. The van der Waals surface area contributed by atoms with E-state index in [1.165, 1.54) is 0 Å². The molecule has 1 fully saturated rings.